The third-order valence-electron chi connectivity index (χ3n) is 5.26. The summed E-state index contributed by atoms with van der Waals surface area (Å²) in [6, 6.07) is 13.5. The Morgan fingerprint density at radius 3 is 2.70 bits per heavy atom. The summed E-state index contributed by atoms with van der Waals surface area (Å²) in [6.07, 6.45) is -1.02. The van der Waals surface area contributed by atoms with Gasteiger partial charge in [0.1, 0.15) is 11.9 Å². The quantitative estimate of drug-likeness (QED) is 0.405. The molecule has 0 fully saturated rings. The first-order valence-corrected chi connectivity index (χ1v) is 11.1. The van der Waals surface area contributed by atoms with Crippen molar-refractivity contribution < 1.29 is 23.8 Å². The number of aryl methyl sites for hydroxylation is 1. The second-order valence-electron chi connectivity index (χ2n) is 7.52. The molecule has 4 rings (SSSR count). The number of fused-ring (bicyclic) bond motifs is 1. The molecule has 6 nitrogen and oxygen atoms in total. The molecule has 0 aliphatic heterocycles. The number of hydrogen-bond acceptors (Lipinski definition) is 6. The maximum atomic E-state index is 14.1. The molecule has 1 unspecified atom stereocenters. The summed E-state index contributed by atoms with van der Waals surface area (Å²) in [7, 11) is 3.02. The minimum atomic E-state index is -1.02. The highest BCUT2D eigenvalue weighted by atomic mass is 32.1. The smallest absolute Gasteiger partial charge is 0.251 e. The third kappa shape index (κ3) is 4.67. The highest BCUT2D eigenvalue weighted by Gasteiger charge is 2.17. The molecule has 0 bridgehead atoms. The van der Waals surface area contributed by atoms with Crippen molar-refractivity contribution >= 4 is 27.3 Å². The zero-order valence-corrected chi connectivity index (χ0v) is 19.2. The average molecular weight is 467 g/mol. The van der Waals surface area contributed by atoms with Gasteiger partial charge in [0.15, 0.2) is 11.5 Å². The van der Waals surface area contributed by atoms with Gasteiger partial charge in [-0.05, 0) is 48.9 Å². The van der Waals surface area contributed by atoms with Crippen LogP contribution in [0.3, 0.4) is 0 Å². The number of aliphatic hydroxyl groups excluding tert-OH is 1. The Morgan fingerprint density at radius 1 is 1.15 bits per heavy atom. The van der Waals surface area contributed by atoms with Gasteiger partial charge in [-0.15, -0.1) is 11.3 Å². The van der Waals surface area contributed by atoms with Crippen molar-refractivity contribution in [2.24, 2.45) is 0 Å². The van der Waals surface area contributed by atoms with Crippen LogP contribution in [0.1, 0.15) is 27.7 Å². The minimum Gasteiger partial charge on any atom is -0.493 e. The molecular weight excluding hydrogens is 443 g/mol. The Hall–Kier alpha value is -3.49. The second kappa shape index (κ2) is 9.56. The second-order valence-corrected chi connectivity index (χ2v) is 8.40. The number of nitrogens with one attached hydrogen (secondary N) is 1. The number of ether oxygens (including phenoxy) is 2. The molecule has 4 aromatic rings. The average Bonchev–Trinajstić information content (AvgIpc) is 3.27. The predicted molar refractivity (Wildman–Crippen MR) is 127 cm³/mol. The summed E-state index contributed by atoms with van der Waals surface area (Å²) in [5.41, 5.74) is 3.15. The van der Waals surface area contributed by atoms with E-state index in [1.54, 1.807) is 30.3 Å². The van der Waals surface area contributed by atoms with Crippen LogP contribution < -0.4 is 14.8 Å². The number of pyridine rings is 1. The summed E-state index contributed by atoms with van der Waals surface area (Å²) < 4.78 is 25.1. The van der Waals surface area contributed by atoms with Crippen LogP contribution in [0, 0.1) is 12.7 Å². The lowest BCUT2D eigenvalue weighted by Gasteiger charge is -2.14. The Bertz CT molecular complexity index is 1320. The number of carbonyl (C=O) groups is 1. The van der Waals surface area contributed by atoms with Crippen molar-refractivity contribution in [2.75, 3.05) is 20.8 Å². The van der Waals surface area contributed by atoms with E-state index < -0.39 is 6.10 Å². The number of nitrogens with zero attached hydrogens (tertiary/aromatic N) is 1. The summed E-state index contributed by atoms with van der Waals surface area (Å²) >= 11 is 1.32. The van der Waals surface area contributed by atoms with E-state index in [0.29, 0.717) is 33.2 Å². The van der Waals surface area contributed by atoms with Crippen molar-refractivity contribution in [2.45, 2.75) is 13.0 Å². The van der Waals surface area contributed by atoms with Crippen molar-refractivity contribution in [1.82, 2.24) is 10.3 Å². The number of halogens is 1. The fourth-order valence-electron chi connectivity index (χ4n) is 3.60. The SMILES string of the molecule is COc1ccc(C(=O)NCC(O)c2cc(C)cc(-c3csc4c(F)cccc34)n2)cc1OC. The molecule has 1 atom stereocenters. The Balaban J connectivity index is 1.53. The first-order valence-electron chi connectivity index (χ1n) is 10.2. The number of aromatic nitrogens is 1. The van der Waals surface area contributed by atoms with Gasteiger partial charge in [0.2, 0.25) is 0 Å². The number of thiophene rings is 1. The van der Waals surface area contributed by atoms with Crippen LogP contribution in [0.25, 0.3) is 21.3 Å². The van der Waals surface area contributed by atoms with Gasteiger partial charge in [0, 0.05) is 28.4 Å². The van der Waals surface area contributed by atoms with E-state index in [1.165, 1.54) is 31.6 Å². The van der Waals surface area contributed by atoms with Gasteiger partial charge in [-0.1, -0.05) is 12.1 Å². The molecule has 8 heteroatoms. The number of hydrogen-bond donors (Lipinski definition) is 2. The zero-order chi connectivity index (χ0) is 23.5. The molecule has 0 spiro atoms. The Morgan fingerprint density at radius 2 is 1.94 bits per heavy atom. The van der Waals surface area contributed by atoms with Crippen LogP contribution in [0.5, 0.6) is 11.5 Å². The summed E-state index contributed by atoms with van der Waals surface area (Å²) in [5.74, 6) is 0.332. The van der Waals surface area contributed by atoms with Crippen LogP contribution in [0.4, 0.5) is 4.39 Å². The molecule has 0 saturated heterocycles. The van der Waals surface area contributed by atoms with Gasteiger partial charge in [-0.3, -0.25) is 4.79 Å². The van der Waals surface area contributed by atoms with E-state index in [9.17, 15) is 14.3 Å². The number of rotatable bonds is 7. The zero-order valence-electron chi connectivity index (χ0n) is 18.4. The van der Waals surface area contributed by atoms with E-state index in [4.69, 9.17) is 9.47 Å². The molecule has 2 heterocycles. The van der Waals surface area contributed by atoms with E-state index in [1.807, 2.05) is 24.4 Å². The largest absolute Gasteiger partial charge is 0.493 e. The van der Waals surface area contributed by atoms with Crippen LogP contribution >= 0.6 is 11.3 Å². The Labute approximate surface area is 194 Å². The normalized spacial score (nSPS) is 11.9. The maximum absolute atomic E-state index is 14.1. The number of carbonyl (C=O) groups excluding carboxylic acids is 1. The fourth-order valence-corrected chi connectivity index (χ4v) is 4.57. The molecule has 2 aromatic carbocycles. The number of aliphatic hydroxyl groups is 1. The van der Waals surface area contributed by atoms with Crippen molar-refractivity contribution in [1.29, 1.82) is 0 Å². The van der Waals surface area contributed by atoms with E-state index in [0.717, 1.165) is 16.5 Å². The van der Waals surface area contributed by atoms with Gasteiger partial charge in [-0.25, -0.2) is 9.37 Å². The van der Waals surface area contributed by atoms with E-state index >= 15 is 0 Å². The first-order chi connectivity index (χ1) is 15.9. The van der Waals surface area contributed by atoms with Crippen LogP contribution in [0.2, 0.25) is 0 Å². The lowest BCUT2D eigenvalue weighted by molar-refractivity contribution is 0.0914. The maximum Gasteiger partial charge on any atom is 0.251 e. The van der Waals surface area contributed by atoms with Gasteiger partial charge in [-0.2, -0.15) is 0 Å². The van der Waals surface area contributed by atoms with E-state index in [2.05, 4.69) is 10.3 Å². The summed E-state index contributed by atoms with van der Waals surface area (Å²) in [4.78, 5) is 17.2. The number of benzene rings is 2. The van der Waals surface area contributed by atoms with Crippen LogP contribution in [-0.4, -0.2) is 36.8 Å². The number of amides is 1. The minimum absolute atomic E-state index is 0.0257. The topological polar surface area (TPSA) is 80.7 Å². The molecule has 170 valence electrons. The van der Waals surface area contributed by atoms with Crippen LogP contribution in [0.15, 0.2) is 53.9 Å². The highest BCUT2D eigenvalue weighted by molar-refractivity contribution is 7.17. The molecule has 0 aliphatic carbocycles. The first kappa shape index (κ1) is 22.7. The number of methoxy groups -OCH3 is 2. The molecule has 2 aromatic heterocycles. The lowest BCUT2D eigenvalue weighted by Crippen LogP contribution is -2.28. The molecular formula is C25H23FN2O4S. The van der Waals surface area contributed by atoms with Gasteiger partial charge < -0.3 is 19.9 Å². The molecule has 2 N–H and O–H groups in total. The fraction of sp³-hybridized carbons (Fsp3) is 0.200. The predicted octanol–water partition coefficient (Wildman–Crippen LogP) is 4.89. The highest BCUT2D eigenvalue weighted by Crippen LogP contribution is 2.35. The summed E-state index contributed by atoms with van der Waals surface area (Å²) in [6.45, 7) is 1.88. The standard InChI is InChI=1S/C25H23FN2O4S/c1-14-9-19(17-13-33-24-16(17)5-4-6-18(24)26)28-20(10-14)21(29)12-27-25(30)15-7-8-22(31-2)23(11-15)32-3/h4-11,13,21,29H,12H2,1-3H3,(H,27,30). The molecule has 1 amide bonds. The van der Waals surface area contributed by atoms with Crippen molar-refractivity contribution in [3.8, 4) is 22.8 Å². The summed E-state index contributed by atoms with van der Waals surface area (Å²) in [5, 5.41) is 16.1. The van der Waals surface area contributed by atoms with Crippen molar-refractivity contribution in [3.63, 3.8) is 0 Å². The molecule has 0 radical (unpaired) electrons. The van der Waals surface area contributed by atoms with Gasteiger partial charge >= 0.3 is 0 Å². The van der Waals surface area contributed by atoms with E-state index in [-0.39, 0.29) is 18.3 Å². The monoisotopic (exact) mass is 466 g/mol. The van der Waals surface area contributed by atoms with Gasteiger partial charge in [0.05, 0.1) is 30.3 Å². The lowest BCUT2D eigenvalue weighted by atomic mass is 10.1. The van der Waals surface area contributed by atoms with Gasteiger partial charge in [0.25, 0.3) is 5.91 Å². The third-order valence-corrected chi connectivity index (χ3v) is 6.26. The molecule has 33 heavy (non-hydrogen) atoms. The van der Waals surface area contributed by atoms with Crippen LogP contribution in [-0.2, 0) is 0 Å². The molecule has 0 saturated carbocycles. The Kier molecular flexibility index (Phi) is 6.57. The molecule has 0 aliphatic rings. The van der Waals surface area contributed by atoms with Crippen molar-refractivity contribution in [3.05, 3.63) is 76.5 Å².